The van der Waals surface area contributed by atoms with Crippen molar-refractivity contribution in [3.8, 4) is 0 Å². The Hall–Kier alpha value is -1.88. The summed E-state index contributed by atoms with van der Waals surface area (Å²) < 4.78 is 0. The molecule has 2 atom stereocenters. The lowest BCUT2D eigenvalue weighted by molar-refractivity contribution is -0.124. The van der Waals surface area contributed by atoms with Gasteiger partial charge in [-0.15, -0.1) is 0 Å². The Morgan fingerprint density at radius 3 is 2.63 bits per heavy atom. The van der Waals surface area contributed by atoms with Gasteiger partial charge in [0, 0.05) is 18.5 Å². The highest BCUT2D eigenvalue weighted by Gasteiger charge is 2.16. The smallest absolute Gasteiger partial charge is 0.335 e. The first-order valence-corrected chi connectivity index (χ1v) is 6.27. The number of nitrogens with one attached hydrogen (secondary N) is 1. The van der Waals surface area contributed by atoms with Crippen molar-refractivity contribution in [2.24, 2.45) is 11.7 Å². The minimum atomic E-state index is -0.948. The van der Waals surface area contributed by atoms with Gasteiger partial charge in [0.25, 0.3) is 0 Å². The molecule has 1 aromatic carbocycles. The first-order chi connectivity index (χ1) is 8.91. The Bertz CT molecular complexity index is 458. The number of carbonyl (C=O) groups is 2. The Morgan fingerprint density at radius 1 is 1.37 bits per heavy atom. The molecule has 0 saturated heterocycles. The molecule has 0 bridgehead atoms. The summed E-state index contributed by atoms with van der Waals surface area (Å²) in [6.07, 6.45) is 0.596. The van der Waals surface area contributed by atoms with Crippen molar-refractivity contribution < 1.29 is 14.7 Å². The fourth-order valence-electron chi connectivity index (χ4n) is 1.59. The molecule has 5 nitrogen and oxygen atoms in total. The zero-order valence-electron chi connectivity index (χ0n) is 11.2. The number of benzene rings is 1. The molecule has 4 N–H and O–H groups in total. The molecule has 19 heavy (non-hydrogen) atoms. The minimum absolute atomic E-state index is 0.0793. The number of rotatable bonds is 6. The molecule has 0 spiro atoms. The van der Waals surface area contributed by atoms with Crippen LogP contribution >= 0.6 is 0 Å². The summed E-state index contributed by atoms with van der Waals surface area (Å²) >= 11 is 0. The lowest BCUT2D eigenvalue weighted by Gasteiger charge is -2.15. The van der Waals surface area contributed by atoms with Gasteiger partial charge in [0.2, 0.25) is 5.91 Å². The highest BCUT2D eigenvalue weighted by atomic mass is 16.4. The van der Waals surface area contributed by atoms with Gasteiger partial charge in [-0.3, -0.25) is 4.79 Å². The van der Waals surface area contributed by atoms with Crippen LogP contribution in [0.25, 0.3) is 0 Å². The number of aromatic carboxylic acids is 1. The van der Waals surface area contributed by atoms with Crippen LogP contribution in [-0.4, -0.2) is 29.6 Å². The molecule has 1 rings (SSSR count). The molecule has 0 aliphatic carbocycles. The highest BCUT2D eigenvalue weighted by molar-refractivity contribution is 5.87. The van der Waals surface area contributed by atoms with Gasteiger partial charge in [-0.25, -0.2) is 4.79 Å². The molecule has 0 radical (unpaired) electrons. The maximum Gasteiger partial charge on any atom is 0.335 e. The van der Waals surface area contributed by atoms with Gasteiger partial charge in [0.05, 0.1) is 5.56 Å². The van der Waals surface area contributed by atoms with Crippen LogP contribution in [0.5, 0.6) is 0 Å². The third-order valence-electron chi connectivity index (χ3n) is 3.09. The number of hydrogen-bond acceptors (Lipinski definition) is 3. The third kappa shape index (κ3) is 4.71. The standard InChI is InChI=1S/C14H20N2O3/c1-9(10(2)15)13(17)16-7-6-11-4-3-5-12(8-11)14(18)19/h3-5,8-10H,6-7,15H2,1-2H3,(H,16,17)(H,18,19). The van der Waals surface area contributed by atoms with E-state index in [4.69, 9.17) is 10.8 Å². The van der Waals surface area contributed by atoms with E-state index >= 15 is 0 Å². The van der Waals surface area contributed by atoms with Crippen molar-refractivity contribution in [3.05, 3.63) is 35.4 Å². The van der Waals surface area contributed by atoms with Gasteiger partial charge >= 0.3 is 5.97 Å². The molecule has 0 aliphatic rings. The van der Waals surface area contributed by atoms with Crippen LogP contribution in [-0.2, 0) is 11.2 Å². The van der Waals surface area contributed by atoms with Crippen molar-refractivity contribution in [2.45, 2.75) is 26.3 Å². The number of carbonyl (C=O) groups excluding carboxylic acids is 1. The molecule has 0 saturated carbocycles. The molecule has 1 aromatic rings. The molecule has 0 fully saturated rings. The second kappa shape index (κ2) is 6.89. The van der Waals surface area contributed by atoms with Crippen LogP contribution in [0.15, 0.2) is 24.3 Å². The second-order valence-corrected chi connectivity index (χ2v) is 4.69. The molecule has 0 heterocycles. The third-order valence-corrected chi connectivity index (χ3v) is 3.09. The van der Waals surface area contributed by atoms with Gasteiger partial charge in [-0.05, 0) is 31.0 Å². The fourth-order valence-corrected chi connectivity index (χ4v) is 1.59. The number of amides is 1. The topological polar surface area (TPSA) is 92.4 Å². The van der Waals surface area contributed by atoms with E-state index in [1.165, 1.54) is 0 Å². The van der Waals surface area contributed by atoms with Gasteiger partial charge in [-0.1, -0.05) is 19.1 Å². The van der Waals surface area contributed by atoms with E-state index in [1.807, 2.05) is 6.07 Å². The fraction of sp³-hybridized carbons (Fsp3) is 0.429. The first-order valence-electron chi connectivity index (χ1n) is 6.27. The maximum absolute atomic E-state index is 11.7. The molecular weight excluding hydrogens is 244 g/mol. The van der Waals surface area contributed by atoms with Crippen LogP contribution in [0.3, 0.4) is 0 Å². The highest BCUT2D eigenvalue weighted by Crippen LogP contribution is 2.06. The summed E-state index contributed by atoms with van der Waals surface area (Å²) in [5, 5.41) is 11.7. The Morgan fingerprint density at radius 2 is 2.05 bits per heavy atom. The van der Waals surface area contributed by atoms with Gasteiger partial charge in [0.1, 0.15) is 0 Å². The van der Waals surface area contributed by atoms with Gasteiger partial charge in [0.15, 0.2) is 0 Å². The van der Waals surface area contributed by atoms with E-state index < -0.39 is 5.97 Å². The van der Waals surface area contributed by atoms with E-state index in [9.17, 15) is 9.59 Å². The van der Waals surface area contributed by atoms with E-state index in [0.717, 1.165) is 5.56 Å². The minimum Gasteiger partial charge on any atom is -0.478 e. The quantitative estimate of drug-likeness (QED) is 0.715. The lowest BCUT2D eigenvalue weighted by atomic mass is 10.0. The summed E-state index contributed by atoms with van der Waals surface area (Å²) in [6, 6.07) is 6.51. The zero-order chi connectivity index (χ0) is 14.4. The van der Waals surface area contributed by atoms with Crippen molar-refractivity contribution in [1.29, 1.82) is 0 Å². The monoisotopic (exact) mass is 264 g/mol. The van der Waals surface area contributed by atoms with Crippen molar-refractivity contribution in [3.63, 3.8) is 0 Å². The second-order valence-electron chi connectivity index (χ2n) is 4.69. The molecule has 0 aliphatic heterocycles. The van der Waals surface area contributed by atoms with Crippen LogP contribution < -0.4 is 11.1 Å². The average Bonchev–Trinajstić information content (AvgIpc) is 2.37. The van der Waals surface area contributed by atoms with E-state index in [-0.39, 0.29) is 23.4 Å². The normalized spacial score (nSPS) is 13.6. The van der Waals surface area contributed by atoms with Crippen LogP contribution in [0.2, 0.25) is 0 Å². The predicted molar refractivity (Wildman–Crippen MR) is 72.9 cm³/mol. The average molecular weight is 264 g/mol. The van der Waals surface area contributed by atoms with Gasteiger partial charge in [-0.2, -0.15) is 0 Å². The molecule has 104 valence electrons. The van der Waals surface area contributed by atoms with Crippen LogP contribution in [0.4, 0.5) is 0 Å². The SMILES string of the molecule is CC(N)C(C)C(=O)NCCc1cccc(C(=O)O)c1. The van der Waals surface area contributed by atoms with Gasteiger partial charge < -0.3 is 16.2 Å². The molecule has 0 aromatic heterocycles. The molecule has 1 amide bonds. The van der Waals surface area contributed by atoms with E-state index in [2.05, 4.69) is 5.32 Å². The Balaban J connectivity index is 2.47. The molecular formula is C14H20N2O3. The van der Waals surface area contributed by atoms with Crippen LogP contribution in [0, 0.1) is 5.92 Å². The summed E-state index contributed by atoms with van der Waals surface area (Å²) in [6.45, 7) is 4.05. The largest absolute Gasteiger partial charge is 0.478 e. The number of hydrogen-bond donors (Lipinski definition) is 3. The summed E-state index contributed by atoms with van der Waals surface area (Å²) in [5.41, 5.74) is 6.79. The predicted octanol–water partition coefficient (Wildman–Crippen LogP) is 1.03. The van der Waals surface area contributed by atoms with E-state index in [1.54, 1.807) is 32.0 Å². The van der Waals surface area contributed by atoms with Crippen molar-refractivity contribution >= 4 is 11.9 Å². The van der Waals surface area contributed by atoms with Crippen LogP contribution in [0.1, 0.15) is 29.8 Å². The summed E-state index contributed by atoms with van der Waals surface area (Å²) in [4.78, 5) is 22.5. The number of carboxylic acid groups (broad SMARTS) is 1. The summed E-state index contributed by atoms with van der Waals surface area (Å²) in [7, 11) is 0. The lowest BCUT2D eigenvalue weighted by Crippen LogP contribution is -2.39. The first kappa shape index (κ1) is 15.2. The van der Waals surface area contributed by atoms with Crippen molar-refractivity contribution in [2.75, 3.05) is 6.54 Å². The Labute approximate surface area is 112 Å². The molecule has 2 unspecified atom stereocenters. The number of nitrogens with two attached hydrogens (primary N) is 1. The zero-order valence-corrected chi connectivity index (χ0v) is 11.2. The molecule has 5 heteroatoms. The van der Waals surface area contributed by atoms with E-state index in [0.29, 0.717) is 13.0 Å². The maximum atomic E-state index is 11.7. The number of carboxylic acids is 1. The van der Waals surface area contributed by atoms with Crippen molar-refractivity contribution in [1.82, 2.24) is 5.32 Å². The Kier molecular flexibility index (Phi) is 5.51. The summed E-state index contributed by atoms with van der Waals surface area (Å²) in [5.74, 6) is -1.26.